The molecule has 3 N–H and O–H groups in total. The first-order chi connectivity index (χ1) is 9.45. The molecular weight excluding hydrogens is 276 g/mol. The molecule has 0 heterocycles. The Morgan fingerprint density at radius 2 is 2.15 bits per heavy atom. The van der Waals surface area contributed by atoms with Crippen molar-refractivity contribution in [3.8, 4) is 0 Å². The van der Waals surface area contributed by atoms with Crippen LogP contribution in [0.4, 0.5) is 5.69 Å². The molecule has 0 aliphatic carbocycles. The van der Waals surface area contributed by atoms with Crippen molar-refractivity contribution in [2.75, 3.05) is 12.3 Å². The van der Waals surface area contributed by atoms with Crippen LogP contribution in [0.25, 0.3) is 0 Å². The number of nitrogens with one attached hydrogen (secondary N) is 1. The van der Waals surface area contributed by atoms with E-state index in [0.29, 0.717) is 36.2 Å². The van der Waals surface area contributed by atoms with Crippen molar-refractivity contribution in [2.45, 2.75) is 39.8 Å². The van der Waals surface area contributed by atoms with E-state index in [1.54, 1.807) is 25.1 Å². The zero-order chi connectivity index (χ0) is 15.1. The fourth-order valence-electron chi connectivity index (χ4n) is 1.96. The van der Waals surface area contributed by atoms with Gasteiger partial charge in [0.05, 0.1) is 6.61 Å². The molecule has 0 spiro atoms. The second-order valence-corrected chi connectivity index (χ2v) is 5.53. The van der Waals surface area contributed by atoms with E-state index in [1.807, 2.05) is 0 Å². The number of anilines is 1. The van der Waals surface area contributed by atoms with E-state index in [0.717, 1.165) is 5.56 Å². The third-order valence-corrected chi connectivity index (χ3v) is 3.31. The van der Waals surface area contributed by atoms with E-state index < -0.39 is 0 Å². The Morgan fingerprint density at radius 1 is 1.45 bits per heavy atom. The molecule has 1 rings (SSSR count). The van der Waals surface area contributed by atoms with Crippen LogP contribution in [0.5, 0.6) is 0 Å². The summed E-state index contributed by atoms with van der Waals surface area (Å²) >= 11 is 6.12. The van der Waals surface area contributed by atoms with Crippen molar-refractivity contribution in [3.05, 3.63) is 28.8 Å². The van der Waals surface area contributed by atoms with Crippen molar-refractivity contribution >= 4 is 23.3 Å². The summed E-state index contributed by atoms with van der Waals surface area (Å²) < 4.78 is 5.09. The second kappa shape index (κ2) is 8.12. The first-order valence-corrected chi connectivity index (χ1v) is 7.26. The number of nitrogen functional groups attached to an aromatic ring is 1. The monoisotopic (exact) mass is 298 g/mol. The summed E-state index contributed by atoms with van der Waals surface area (Å²) in [6.45, 7) is 6.76. The minimum Gasteiger partial charge on any atom is -0.465 e. The highest BCUT2D eigenvalue weighted by molar-refractivity contribution is 6.31. The second-order valence-electron chi connectivity index (χ2n) is 5.12. The average molecular weight is 299 g/mol. The standard InChI is InChI=1S/C15H23ClN2O2/c1-4-20-15(19)14(8-10(2)3)18-9-11-12(16)6-5-7-13(11)17/h5-7,10,14,18H,4,8-9,17H2,1-3H3/t14-/m1/s1. The van der Waals surface area contributed by atoms with Gasteiger partial charge in [0, 0.05) is 22.8 Å². The normalized spacial score (nSPS) is 12.4. The fourth-order valence-corrected chi connectivity index (χ4v) is 2.21. The Bertz CT molecular complexity index is 429. The van der Waals surface area contributed by atoms with E-state index in [2.05, 4.69) is 19.2 Å². The Balaban J connectivity index is 2.73. The lowest BCUT2D eigenvalue weighted by Crippen LogP contribution is -2.39. The van der Waals surface area contributed by atoms with E-state index in [1.165, 1.54) is 0 Å². The summed E-state index contributed by atoms with van der Waals surface area (Å²) in [5.74, 6) is 0.160. The molecule has 0 bridgehead atoms. The number of ether oxygens (including phenoxy) is 1. The number of carbonyl (C=O) groups excluding carboxylic acids is 1. The number of benzene rings is 1. The fraction of sp³-hybridized carbons (Fsp3) is 0.533. The van der Waals surface area contributed by atoms with Crippen LogP contribution in [-0.4, -0.2) is 18.6 Å². The molecular formula is C15H23ClN2O2. The van der Waals surface area contributed by atoms with Crippen LogP contribution < -0.4 is 11.1 Å². The zero-order valence-corrected chi connectivity index (χ0v) is 13.0. The van der Waals surface area contributed by atoms with Crippen molar-refractivity contribution < 1.29 is 9.53 Å². The SMILES string of the molecule is CCOC(=O)[C@@H](CC(C)C)NCc1c(N)cccc1Cl. The minimum atomic E-state index is -0.342. The first kappa shape index (κ1) is 16.8. The van der Waals surface area contributed by atoms with Crippen LogP contribution in [0.1, 0.15) is 32.8 Å². The van der Waals surface area contributed by atoms with E-state index in [4.69, 9.17) is 22.1 Å². The molecule has 1 aromatic carbocycles. The Labute approximate surface area is 125 Å². The molecule has 0 radical (unpaired) electrons. The molecule has 112 valence electrons. The molecule has 5 heteroatoms. The number of nitrogens with two attached hydrogens (primary N) is 1. The van der Waals surface area contributed by atoms with Gasteiger partial charge in [-0.05, 0) is 31.4 Å². The van der Waals surface area contributed by atoms with Crippen LogP contribution in [0.2, 0.25) is 5.02 Å². The van der Waals surface area contributed by atoms with Gasteiger partial charge in [0.1, 0.15) is 6.04 Å². The van der Waals surface area contributed by atoms with E-state index in [-0.39, 0.29) is 12.0 Å². The van der Waals surface area contributed by atoms with E-state index in [9.17, 15) is 4.79 Å². The number of rotatable bonds is 7. The smallest absolute Gasteiger partial charge is 0.323 e. The molecule has 20 heavy (non-hydrogen) atoms. The van der Waals surface area contributed by atoms with Crippen molar-refractivity contribution in [3.63, 3.8) is 0 Å². The maximum Gasteiger partial charge on any atom is 0.323 e. The Hall–Kier alpha value is -1.26. The lowest BCUT2D eigenvalue weighted by Gasteiger charge is -2.20. The highest BCUT2D eigenvalue weighted by Crippen LogP contribution is 2.22. The van der Waals surface area contributed by atoms with Gasteiger partial charge in [-0.1, -0.05) is 31.5 Å². The average Bonchev–Trinajstić information content (AvgIpc) is 2.36. The minimum absolute atomic E-state index is 0.230. The maximum absolute atomic E-state index is 11.9. The molecule has 0 saturated heterocycles. The quantitative estimate of drug-likeness (QED) is 0.600. The number of halogens is 1. The van der Waals surface area contributed by atoms with Gasteiger partial charge >= 0.3 is 5.97 Å². The van der Waals surface area contributed by atoms with Crippen LogP contribution >= 0.6 is 11.6 Å². The summed E-state index contributed by atoms with van der Waals surface area (Å²) in [7, 11) is 0. The van der Waals surface area contributed by atoms with Crippen LogP contribution in [0, 0.1) is 5.92 Å². The summed E-state index contributed by atoms with van der Waals surface area (Å²) in [5.41, 5.74) is 7.34. The molecule has 0 aromatic heterocycles. The molecule has 0 aliphatic heterocycles. The third-order valence-electron chi connectivity index (χ3n) is 2.96. The highest BCUT2D eigenvalue weighted by Gasteiger charge is 2.21. The van der Waals surface area contributed by atoms with Gasteiger partial charge in [-0.3, -0.25) is 4.79 Å². The van der Waals surface area contributed by atoms with Crippen LogP contribution in [0.15, 0.2) is 18.2 Å². The largest absolute Gasteiger partial charge is 0.465 e. The summed E-state index contributed by atoms with van der Waals surface area (Å²) in [6.07, 6.45) is 0.711. The van der Waals surface area contributed by atoms with Gasteiger partial charge in [-0.15, -0.1) is 0 Å². The predicted octanol–water partition coefficient (Wildman–Crippen LogP) is 2.99. The van der Waals surface area contributed by atoms with Gasteiger partial charge in [-0.2, -0.15) is 0 Å². The number of hydrogen-bond acceptors (Lipinski definition) is 4. The predicted molar refractivity (Wildman–Crippen MR) is 82.6 cm³/mol. The topological polar surface area (TPSA) is 64.3 Å². The first-order valence-electron chi connectivity index (χ1n) is 6.88. The molecule has 0 amide bonds. The number of carbonyl (C=O) groups is 1. The van der Waals surface area contributed by atoms with Crippen LogP contribution in [0.3, 0.4) is 0 Å². The molecule has 0 aliphatic rings. The highest BCUT2D eigenvalue weighted by atomic mass is 35.5. The molecule has 4 nitrogen and oxygen atoms in total. The van der Waals surface area contributed by atoms with Gasteiger partial charge in [-0.25, -0.2) is 0 Å². The van der Waals surface area contributed by atoms with E-state index >= 15 is 0 Å². The van der Waals surface area contributed by atoms with Crippen LogP contribution in [-0.2, 0) is 16.1 Å². The summed E-state index contributed by atoms with van der Waals surface area (Å²) in [6, 6.07) is 5.05. The van der Waals surface area contributed by atoms with Gasteiger partial charge in [0.25, 0.3) is 0 Å². The molecule has 1 atom stereocenters. The van der Waals surface area contributed by atoms with Gasteiger partial charge in [0.2, 0.25) is 0 Å². The summed E-state index contributed by atoms with van der Waals surface area (Å²) in [5, 5.41) is 3.80. The lowest BCUT2D eigenvalue weighted by atomic mass is 10.0. The molecule has 0 saturated carbocycles. The van der Waals surface area contributed by atoms with Gasteiger partial charge < -0.3 is 15.8 Å². The maximum atomic E-state index is 11.9. The van der Waals surface area contributed by atoms with Crippen molar-refractivity contribution in [2.24, 2.45) is 5.92 Å². The van der Waals surface area contributed by atoms with Crippen molar-refractivity contribution in [1.29, 1.82) is 0 Å². The molecule has 0 fully saturated rings. The number of esters is 1. The zero-order valence-electron chi connectivity index (χ0n) is 12.3. The summed E-state index contributed by atoms with van der Waals surface area (Å²) in [4.78, 5) is 11.9. The van der Waals surface area contributed by atoms with Gasteiger partial charge in [0.15, 0.2) is 0 Å². The lowest BCUT2D eigenvalue weighted by molar-refractivity contribution is -0.146. The Morgan fingerprint density at radius 3 is 2.70 bits per heavy atom. The van der Waals surface area contributed by atoms with Crippen molar-refractivity contribution in [1.82, 2.24) is 5.32 Å². The third kappa shape index (κ3) is 5.02. The number of hydrogen-bond donors (Lipinski definition) is 2. The molecule has 0 unspecified atom stereocenters. The molecule has 1 aromatic rings. The Kier molecular flexibility index (Phi) is 6.82.